The van der Waals surface area contributed by atoms with Gasteiger partial charge in [0.25, 0.3) is 5.91 Å². The molecule has 1 aromatic heterocycles. The Morgan fingerprint density at radius 1 is 1.04 bits per heavy atom. The zero-order valence-corrected chi connectivity index (χ0v) is 14.9. The van der Waals surface area contributed by atoms with E-state index >= 15 is 0 Å². The van der Waals surface area contributed by atoms with Crippen molar-refractivity contribution < 1.29 is 18.7 Å². The van der Waals surface area contributed by atoms with Crippen LogP contribution in [0.15, 0.2) is 60.8 Å². The maximum Gasteiger partial charge on any atom is 0.255 e. The molecule has 1 amide bonds. The zero-order chi connectivity index (χ0) is 19.3. The number of carbonyl (C=O) groups excluding carboxylic acids is 1. The van der Waals surface area contributed by atoms with E-state index in [2.05, 4.69) is 15.6 Å². The van der Waals surface area contributed by atoms with Crippen LogP contribution in [0, 0.1) is 5.82 Å². The number of anilines is 2. The smallest absolute Gasteiger partial charge is 0.255 e. The molecule has 2 aromatic carbocycles. The number of nitrogens with zero attached hydrogens (tertiary/aromatic N) is 1. The highest BCUT2D eigenvalue weighted by Crippen LogP contribution is 2.32. The summed E-state index contributed by atoms with van der Waals surface area (Å²) in [5, 5.41) is 6.00. The van der Waals surface area contributed by atoms with Crippen LogP contribution in [0.2, 0.25) is 0 Å². The van der Waals surface area contributed by atoms with Crippen LogP contribution in [-0.2, 0) is 6.42 Å². The normalized spacial score (nSPS) is 11.9. The third kappa shape index (κ3) is 4.20. The number of rotatable bonds is 6. The minimum absolute atomic E-state index is 0.167. The summed E-state index contributed by atoms with van der Waals surface area (Å²) in [6, 6.07) is 15.0. The van der Waals surface area contributed by atoms with Crippen molar-refractivity contribution in [1.82, 2.24) is 4.98 Å². The van der Waals surface area contributed by atoms with E-state index < -0.39 is 0 Å². The van der Waals surface area contributed by atoms with Gasteiger partial charge in [-0.1, -0.05) is 12.1 Å². The minimum Gasteiger partial charge on any atom is -0.454 e. The van der Waals surface area contributed by atoms with Gasteiger partial charge in [0.05, 0.1) is 11.9 Å². The molecule has 1 aliphatic rings. The zero-order valence-electron chi connectivity index (χ0n) is 14.9. The molecular formula is C21H18FN3O3. The standard InChI is InChI=1S/C21H18FN3O3/c22-16-4-1-14(2-5-16)9-10-23-20-8-6-17(12-24-20)25-21(26)15-3-7-18-19(11-15)28-13-27-18/h1-8,11-12H,9-10,13H2,(H,23,24)(H,25,26). The summed E-state index contributed by atoms with van der Waals surface area (Å²) in [6.45, 7) is 0.835. The number of aromatic nitrogens is 1. The number of hydrogen-bond acceptors (Lipinski definition) is 5. The molecule has 7 heteroatoms. The first-order valence-corrected chi connectivity index (χ1v) is 8.83. The molecule has 0 radical (unpaired) electrons. The highest BCUT2D eigenvalue weighted by atomic mass is 19.1. The summed E-state index contributed by atoms with van der Waals surface area (Å²) in [6.07, 6.45) is 2.34. The SMILES string of the molecule is O=C(Nc1ccc(NCCc2ccc(F)cc2)nc1)c1ccc2c(c1)OCO2. The summed E-state index contributed by atoms with van der Waals surface area (Å²) in [5.41, 5.74) is 2.11. The average molecular weight is 379 g/mol. The second kappa shape index (κ2) is 7.96. The van der Waals surface area contributed by atoms with E-state index in [-0.39, 0.29) is 18.5 Å². The molecule has 2 heterocycles. The molecule has 0 atom stereocenters. The van der Waals surface area contributed by atoms with Crippen LogP contribution in [0.3, 0.4) is 0 Å². The Hall–Kier alpha value is -3.61. The van der Waals surface area contributed by atoms with E-state index in [4.69, 9.17) is 9.47 Å². The fraction of sp³-hybridized carbons (Fsp3) is 0.143. The topological polar surface area (TPSA) is 72.5 Å². The molecule has 0 unspecified atom stereocenters. The summed E-state index contributed by atoms with van der Waals surface area (Å²) in [5.74, 6) is 1.40. The van der Waals surface area contributed by atoms with Crippen LogP contribution < -0.4 is 20.1 Å². The second-order valence-electron chi connectivity index (χ2n) is 6.26. The summed E-state index contributed by atoms with van der Waals surface area (Å²) in [4.78, 5) is 16.7. The highest BCUT2D eigenvalue weighted by Gasteiger charge is 2.16. The van der Waals surface area contributed by atoms with Gasteiger partial charge in [-0.25, -0.2) is 9.37 Å². The van der Waals surface area contributed by atoms with Crippen LogP contribution in [0.5, 0.6) is 11.5 Å². The maximum absolute atomic E-state index is 12.9. The van der Waals surface area contributed by atoms with Gasteiger partial charge in [0, 0.05) is 12.1 Å². The third-order valence-electron chi connectivity index (χ3n) is 4.29. The predicted molar refractivity (Wildman–Crippen MR) is 103 cm³/mol. The summed E-state index contributed by atoms with van der Waals surface area (Å²) < 4.78 is 23.4. The van der Waals surface area contributed by atoms with E-state index in [0.29, 0.717) is 35.1 Å². The molecule has 3 aromatic rings. The van der Waals surface area contributed by atoms with Crippen molar-refractivity contribution in [2.24, 2.45) is 0 Å². The maximum atomic E-state index is 12.9. The molecule has 6 nitrogen and oxygen atoms in total. The Morgan fingerprint density at radius 3 is 2.64 bits per heavy atom. The van der Waals surface area contributed by atoms with Gasteiger partial charge >= 0.3 is 0 Å². The molecule has 0 fully saturated rings. The Labute approximate surface area is 161 Å². The molecular weight excluding hydrogens is 361 g/mol. The molecule has 0 aliphatic carbocycles. The molecule has 0 saturated carbocycles. The lowest BCUT2D eigenvalue weighted by Gasteiger charge is -2.08. The molecule has 4 rings (SSSR count). The Kier molecular flexibility index (Phi) is 5.05. The molecule has 0 spiro atoms. The van der Waals surface area contributed by atoms with Crippen LogP contribution in [-0.4, -0.2) is 24.2 Å². The fourth-order valence-electron chi connectivity index (χ4n) is 2.80. The largest absolute Gasteiger partial charge is 0.454 e. The predicted octanol–water partition coefficient (Wildman–Crippen LogP) is 3.86. The van der Waals surface area contributed by atoms with Crippen LogP contribution in [0.25, 0.3) is 0 Å². The van der Waals surface area contributed by atoms with E-state index in [1.165, 1.54) is 12.1 Å². The molecule has 0 bridgehead atoms. The van der Waals surface area contributed by atoms with E-state index in [9.17, 15) is 9.18 Å². The van der Waals surface area contributed by atoms with Crippen molar-refractivity contribution in [3.8, 4) is 11.5 Å². The van der Waals surface area contributed by atoms with Gasteiger partial charge in [-0.15, -0.1) is 0 Å². The van der Waals surface area contributed by atoms with Crippen molar-refractivity contribution in [2.45, 2.75) is 6.42 Å². The number of fused-ring (bicyclic) bond motifs is 1. The third-order valence-corrected chi connectivity index (χ3v) is 4.29. The van der Waals surface area contributed by atoms with Crippen LogP contribution >= 0.6 is 0 Å². The lowest BCUT2D eigenvalue weighted by atomic mass is 10.1. The quantitative estimate of drug-likeness (QED) is 0.681. The van der Waals surface area contributed by atoms with Gasteiger partial charge in [0.1, 0.15) is 11.6 Å². The number of benzene rings is 2. The number of carbonyl (C=O) groups is 1. The molecule has 28 heavy (non-hydrogen) atoms. The monoisotopic (exact) mass is 379 g/mol. The van der Waals surface area contributed by atoms with Crippen molar-refractivity contribution in [1.29, 1.82) is 0 Å². The van der Waals surface area contributed by atoms with E-state index in [0.717, 1.165) is 12.0 Å². The van der Waals surface area contributed by atoms with Gasteiger partial charge in [-0.05, 0) is 54.4 Å². The molecule has 142 valence electrons. The Bertz CT molecular complexity index is 975. The second-order valence-corrected chi connectivity index (χ2v) is 6.26. The first kappa shape index (κ1) is 17.8. The fourth-order valence-corrected chi connectivity index (χ4v) is 2.80. The van der Waals surface area contributed by atoms with Gasteiger partial charge in [-0.2, -0.15) is 0 Å². The van der Waals surface area contributed by atoms with Crippen molar-refractivity contribution in [3.05, 3.63) is 77.7 Å². The van der Waals surface area contributed by atoms with Gasteiger partial charge in [0.2, 0.25) is 6.79 Å². The highest BCUT2D eigenvalue weighted by molar-refractivity contribution is 6.04. The number of halogens is 1. The molecule has 2 N–H and O–H groups in total. The lowest BCUT2D eigenvalue weighted by molar-refractivity contribution is 0.102. The molecule has 1 aliphatic heterocycles. The van der Waals surface area contributed by atoms with Gasteiger partial charge in [-0.3, -0.25) is 4.79 Å². The first-order valence-electron chi connectivity index (χ1n) is 8.83. The number of amides is 1. The average Bonchev–Trinajstić information content (AvgIpc) is 3.18. The number of ether oxygens (including phenoxy) is 2. The number of nitrogens with one attached hydrogen (secondary N) is 2. The number of pyridine rings is 1. The Balaban J connectivity index is 1.30. The van der Waals surface area contributed by atoms with Crippen LogP contribution in [0.4, 0.5) is 15.9 Å². The van der Waals surface area contributed by atoms with Crippen molar-refractivity contribution >= 4 is 17.4 Å². The van der Waals surface area contributed by atoms with Crippen molar-refractivity contribution in [3.63, 3.8) is 0 Å². The summed E-state index contributed by atoms with van der Waals surface area (Å²) in [7, 11) is 0. The molecule has 0 saturated heterocycles. The van der Waals surface area contributed by atoms with E-state index in [1.807, 2.05) is 0 Å². The van der Waals surface area contributed by atoms with Crippen LogP contribution in [0.1, 0.15) is 15.9 Å². The Morgan fingerprint density at radius 2 is 1.86 bits per heavy atom. The lowest BCUT2D eigenvalue weighted by Crippen LogP contribution is -2.12. The van der Waals surface area contributed by atoms with Gasteiger partial charge < -0.3 is 20.1 Å². The summed E-state index contributed by atoms with van der Waals surface area (Å²) >= 11 is 0. The first-order chi connectivity index (χ1) is 13.7. The van der Waals surface area contributed by atoms with Crippen molar-refractivity contribution in [2.75, 3.05) is 24.0 Å². The van der Waals surface area contributed by atoms with E-state index in [1.54, 1.807) is 48.7 Å². The van der Waals surface area contributed by atoms with Gasteiger partial charge in [0.15, 0.2) is 11.5 Å². The minimum atomic E-state index is -0.253. The number of hydrogen-bond donors (Lipinski definition) is 2.